The van der Waals surface area contributed by atoms with E-state index in [0.29, 0.717) is 0 Å². The van der Waals surface area contributed by atoms with Crippen LogP contribution in [0.5, 0.6) is 0 Å². The summed E-state index contributed by atoms with van der Waals surface area (Å²) in [5.74, 6) is -0.453. The number of benzene rings is 1. The van der Waals surface area contributed by atoms with Gasteiger partial charge in [-0.25, -0.2) is 0 Å². The fraction of sp³-hybridized carbons (Fsp3) is 0.200. The van der Waals surface area contributed by atoms with Gasteiger partial charge >= 0.3 is 6.21 Å². The maximum Gasteiger partial charge on any atom is 0.323 e. The Bertz CT molecular complexity index is 339. The van der Waals surface area contributed by atoms with Crippen LogP contribution in [0.15, 0.2) is 30.3 Å². The summed E-state index contributed by atoms with van der Waals surface area (Å²) in [6.07, 6.45) is 0.928. The molecular weight excluding hydrogens is 164 g/mol. The summed E-state index contributed by atoms with van der Waals surface area (Å²) in [5.41, 5.74) is 9.10. The van der Waals surface area contributed by atoms with Crippen LogP contribution in [0, 0.1) is 0 Å². The summed E-state index contributed by atoms with van der Waals surface area (Å²) < 4.78 is 0. The van der Waals surface area contributed by atoms with Crippen LogP contribution in [-0.4, -0.2) is 16.8 Å². The SMILES string of the molecule is CC(C(=O)C=[N+]=[N-])c1ccccc1. The van der Waals surface area contributed by atoms with Crippen molar-refractivity contribution in [3.63, 3.8) is 0 Å². The van der Waals surface area contributed by atoms with Crippen molar-refractivity contribution in [3.8, 4) is 0 Å². The van der Waals surface area contributed by atoms with E-state index in [1.165, 1.54) is 0 Å². The summed E-state index contributed by atoms with van der Waals surface area (Å²) in [7, 11) is 0. The zero-order chi connectivity index (χ0) is 9.68. The van der Waals surface area contributed by atoms with E-state index < -0.39 is 0 Å². The van der Waals surface area contributed by atoms with Gasteiger partial charge in [0.25, 0.3) is 0 Å². The number of hydrogen-bond donors (Lipinski definition) is 0. The highest BCUT2D eigenvalue weighted by atomic mass is 16.1. The van der Waals surface area contributed by atoms with Crippen LogP contribution in [0.4, 0.5) is 0 Å². The van der Waals surface area contributed by atoms with E-state index in [1.54, 1.807) is 6.92 Å². The van der Waals surface area contributed by atoms with E-state index in [4.69, 9.17) is 5.53 Å². The highest BCUT2D eigenvalue weighted by Gasteiger charge is 2.15. The Morgan fingerprint density at radius 1 is 1.46 bits per heavy atom. The normalized spacial score (nSPS) is 11.5. The molecule has 3 heteroatoms. The maximum absolute atomic E-state index is 11.2. The standard InChI is InChI=1S/C10H10N2O/c1-8(10(13)7-12-11)9-5-3-2-4-6-9/h2-8H,1H3. The summed E-state index contributed by atoms with van der Waals surface area (Å²) in [5, 5.41) is 0. The van der Waals surface area contributed by atoms with Crippen molar-refractivity contribution in [2.24, 2.45) is 0 Å². The molecule has 1 aromatic rings. The second-order valence-electron chi connectivity index (χ2n) is 2.78. The predicted octanol–water partition coefficient (Wildman–Crippen LogP) is 1.66. The molecule has 0 saturated carbocycles. The molecule has 0 amide bonds. The predicted molar refractivity (Wildman–Crippen MR) is 49.5 cm³/mol. The van der Waals surface area contributed by atoms with Gasteiger partial charge in [0.1, 0.15) is 0 Å². The van der Waals surface area contributed by atoms with Crippen molar-refractivity contribution in [1.82, 2.24) is 0 Å². The van der Waals surface area contributed by atoms with E-state index >= 15 is 0 Å². The van der Waals surface area contributed by atoms with Crippen molar-refractivity contribution in [2.75, 3.05) is 0 Å². The number of Topliss-reactive ketones (excluding diaryl/α,β-unsaturated/α-hetero) is 1. The summed E-state index contributed by atoms with van der Waals surface area (Å²) >= 11 is 0. The van der Waals surface area contributed by atoms with Gasteiger partial charge in [-0.05, 0) is 5.56 Å². The van der Waals surface area contributed by atoms with Crippen LogP contribution in [0.3, 0.4) is 0 Å². The molecule has 1 unspecified atom stereocenters. The van der Waals surface area contributed by atoms with Gasteiger partial charge in [0.05, 0.1) is 5.92 Å². The summed E-state index contributed by atoms with van der Waals surface area (Å²) in [6, 6.07) is 9.37. The molecular formula is C10H10N2O. The molecule has 0 fully saturated rings. The molecule has 0 aliphatic heterocycles. The second kappa shape index (κ2) is 4.33. The monoisotopic (exact) mass is 174 g/mol. The highest BCUT2D eigenvalue weighted by molar-refractivity contribution is 6.27. The molecule has 0 radical (unpaired) electrons. The Hall–Kier alpha value is -1.73. The van der Waals surface area contributed by atoms with E-state index in [-0.39, 0.29) is 11.7 Å². The lowest BCUT2D eigenvalue weighted by Gasteiger charge is -2.03. The van der Waals surface area contributed by atoms with Gasteiger partial charge in [-0.3, -0.25) is 4.79 Å². The summed E-state index contributed by atoms with van der Waals surface area (Å²) in [6.45, 7) is 1.78. The zero-order valence-corrected chi connectivity index (χ0v) is 7.34. The number of ketones is 1. The molecule has 1 atom stereocenters. The van der Waals surface area contributed by atoms with E-state index in [2.05, 4.69) is 4.79 Å². The molecule has 3 nitrogen and oxygen atoms in total. The average Bonchev–Trinajstić information content (AvgIpc) is 2.18. The van der Waals surface area contributed by atoms with Crippen LogP contribution in [-0.2, 0) is 4.79 Å². The highest BCUT2D eigenvalue weighted by Crippen LogP contribution is 2.14. The Balaban J connectivity index is 2.85. The lowest BCUT2D eigenvalue weighted by Crippen LogP contribution is -2.10. The van der Waals surface area contributed by atoms with Crippen molar-refractivity contribution in [2.45, 2.75) is 12.8 Å². The van der Waals surface area contributed by atoms with E-state index in [1.807, 2.05) is 30.3 Å². The van der Waals surface area contributed by atoms with Gasteiger partial charge < -0.3 is 5.53 Å². The minimum absolute atomic E-state index is 0.200. The summed E-state index contributed by atoms with van der Waals surface area (Å²) in [4.78, 5) is 13.9. The van der Waals surface area contributed by atoms with Crippen LogP contribution in [0.1, 0.15) is 18.4 Å². The average molecular weight is 174 g/mol. The van der Waals surface area contributed by atoms with Crippen molar-refractivity contribution >= 4 is 12.0 Å². The van der Waals surface area contributed by atoms with Gasteiger partial charge in [-0.15, -0.1) is 0 Å². The van der Waals surface area contributed by atoms with Gasteiger partial charge in [-0.1, -0.05) is 37.3 Å². The van der Waals surface area contributed by atoms with E-state index in [9.17, 15) is 4.79 Å². The van der Waals surface area contributed by atoms with Gasteiger partial charge in [0, 0.05) is 0 Å². The Kier molecular flexibility index (Phi) is 3.12. The molecule has 66 valence electrons. The fourth-order valence-electron chi connectivity index (χ4n) is 1.07. The third kappa shape index (κ3) is 2.36. The van der Waals surface area contributed by atoms with E-state index in [0.717, 1.165) is 11.8 Å². The smallest absolute Gasteiger partial charge is 0.323 e. The molecule has 0 heterocycles. The number of rotatable bonds is 3. The molecule has 0 N–H and O–H groups in total. The fourth-order valence-corrected chi connectivity index (χ4v) is 1.07. The lowest BCUT2D eigenvalue weighted by molar-refractivity contribution is -0.117. The lowest BCUT2D eigenvalue weighted by atomic mass is 9.97. The van der Waals surface area contributed by atoms with Crippen LogP contribution >= 0.6 is 0 Å². The molecule has 0 bridgehead atoms. The van der Waals surface area contributed by atoms with Gasteiger partial charge in [0.15, 0.2) is 0 Å². The first-order valence-corrected chi connectivity index (χ1v) is 4.02. The van der Waals surface area contributed by atoms with Crippen molar-refractivity contribution in [1.29, 1.82) is 0 Å². The quantitative estimate of drug-likeness (QED) is 0.390. The Morgan fingerprint density at radius 3 is 2.62 bits per heavy atom. The minimum Gasteiger partial charge on any atom is -0.361 e. The van der Waals surface area contributed by atoms with Gasteiger partial charge in [0.2, 0.25) is 5.78 Å². The zero-order valence-electron chi connectivity index (χ0n) is 7.34. The number of hydrogen-bond acceptors (Lipinski definition) is 1. The third-order valence-corrected chi connectivity index (χ3v) is 1.91. The Morgan fingerprint density at radius 2 is 2.08 bits per heavy atom. The molecule has 0 aliphatic rings. The maximum atomic E-state index is 11.2. The van der Waals surface area contributed by atoms with Gasteiger partial charge in [-0.2, -0.15) is 4.79 Å². The van der Waals surface area contributed by atoms with Crippen molar-refractivity contribution < 1.29 is 9.58 Å². The molecule has 0 aliphatic carbocycles. The molecule has 0 spiro atoms. The Labute approximate surface area is 76.6 Å². The second-order valence-corrected chi connectivity index (χ2v) is 2.78. The number of carbonyl (C=O) groups is 1. The van der Waals surface area contributed by atoms with Crippen molar-refractivity contribution in [3.05, 3.63) is 41.4 Å². The molecule has 13 heavy (non-hydrogen) atoms. The van der Waals surface area contributed by atoms with Crippen LogP contribution < -0.4 is 0 Å². The van der Waals surface area contributed by atoms with Crippen LogP contribution in [0.2, 0.25) is 0 Å². The molecule has 1 rings (SSSR count). The number of carbonyl (C=O) groups excluding carboxylic acids is 1. The first kappa shape index (κ1) is 9.36. The van der Waals surface area contributed by atoms with Crippen LogP contribution in [0.25, 0.3) is 5.53 Å². The minimum atomic E-state index is -0.253. The molecule has 1 aromatic carbocycles. The number of nitrogens with zero attached hydrogens (tertiary/aromatic N) is 2. The molecule has 0 aromatic heterocycles. The largest absolute Gasteiger partial charge is 0.361 e. The first-order valence-electron chi connectivity index (χ1n) is 4.02. The first-order chi connectivity index (χ1) is 6.25. The third-order valence-electron chi connectivity index (χ3n) is 1.91. The topological polar surface area (TPSA) is 53.5 Å². The molecule has 0 saturated heterocycles.